The van der Waals surface area contributed by atoms with Gasteiger partial charge in [0.1, 0.15) is 5.75 Å². The van der Waals surface area contributed by atoms with E-state index in [0.29, 0.717) is 5.96 Å². The average molecular weight is 260 g/mol. The van der Waals surface area contributed by atoms with Gasteiger partial charge in [0.05, 0.1) is 19.2 Å². The first-order chi connectivity index (χ1) is 9.25. The van der Waals surface area contributed by atoms with E-state index in [1.165, 1.54) is 0 Å². The minimum absolute atomic E-state index is 0.0594. The van der Waals surface area contributed by atoms with Crippen LogP contribution in [0, 0.1) is 0 Å². The fourth-order valence-corrected chi connectivity index (χ4v) is 3.02. The molecule has 1 spiro atoms. The van der Waals surface area contributed by atoms with Gasteiger partial charge in [0.25, 0.3) is 0 Å². The zero-order valence-corrected chi connectivity index (χ0v) is 11.2. The summed E-state index contributed by atoms with van der Waals surface area (Å²) in [5.74, 6) is 1.49. The first kappa shape index (κ1) is 12.3. The predicted octanol–water partition coefficient (Wildman–Crippen LogP) is 0.952. The molecule has 2 aliphatic rings. The molecule has 0 atom stereocenters. The highest BCUT2D eigenvalue weighted by Gasteiger charge is 2.43. The number of ether oxygens (including phenoxy) is 1. The Balaban J connectivity index is 1.92. The van der Waals surface area contributed by atoms with E-state index in [1.807, 2.05) is 12.1 Å². The molecule has 1 aromatic carbocycles. The summed E-state index contributed by atoms with van der Waals surface area (Å²) in [5, 5.41) is 3.40. The largest absolute Gasteiger partial charge is 0.497 e. The Kier molecular flexibility index (Phi) is 3.06. The van der Waals surface area contributed by atoms with Crippen LogP contribution < -0.4 is 20.7 Å². The van der Waals surface area contributed by atoms with E-state index in [0.717, 1.165) is 43.9 Å². The van der Waals surface area contributed by atoms with Gasteiger partial charge in [-0.25, -0.2) is 0 Å². The Hall–Kier alpha value is -1.75. The minimum atomic E-state index is 0.0594. The van der Waals surface area contributed by atoms with Gasteiger partial charge in [-0.3, -0.25) is 4.99 Å². The summed E-state index contributed by atoms with van der Waals surface area (Å²) in [6.45, 7) is 2.84. The van der Waals surface area contributed by atoms with Crippen molar-refractivity contribution in [2.45, 2.75) is 18.4 Å². The first-order valence-corrected chi connectivity index (χ1v) is 6.70. The third-order valence-electron chi connectivity index (χ3n) is 4.10. The lowest BCUT2D eigenvalue weighted by molar-refractivity contribution is 0.332. The van der Waals surface area contributed by atoms with Gasteiger partial charge in [-0.15, -0.1) is 0 Å². The number of nitrogens with two attached hydrogens (primary N) is 1. The summed E-state index contributed by atoms with van der Waals surface area (Å²) in [6.07, 6.45) is 2.15. The topological polar surface area (TPSA) is 62.9 Å². The highest BCUT2D eigenvalue weighted by Crippen LogP contribution is 2.35. The molecule has 0 radical (unpaired) electrons. The van der Waals surface area contributed by atoms with E-state index < -0.39 is 0 Å². The molecule has 1 aromatic rings. The number of piperidine rings is 1. The third-order valence-corrected chi connectivity index (χ3v) is 4.10. The quantitative estimate of drug-likeness (QED) is 0.831. The van der Waals surface area contributed by atoms with Crippen LogP contribution in [0.3, 0.4) is 0 Å². The molecule has 0 amide bonds. The van der Waals surface area contributed by atoms with Crippen LogP contribution in [0.15, 0.2) is 29.3 Å². The van der Waals surface area contributed by atoms with E-state index in [4.69, 9.17) is 10.5 Å². The highest BCUT2D eigenvalue weighted by molar-refractivity contribution is 5.98. The number of methoxy groups -OCH3 is 1. The number of rotatable bonds is 2. The second-order valence-corrected chi connectivity index (χ2v) is 5.18. The molecule has 0 bridgehead atoms. The van der Waals surface area contributed by atoms with E-state index in [-0.39, 0.29) is 5.54 Å². The number of anilines is 1. The van der Waals surface area contributed by atoms with Crippen molar-refractivity contribution in [3.05, 3.63) is 24.3 Å². The molecule has 2 aliphatic heterocycles. The molecule has 2 heterocycles. The molecule has 3 N–H and O–H groups in total. The summed E-state index contributed by atoms with van der Waals surface area (Å²) >= 11 is 0. The molecule has 5 nitrogen and oxygen atoms in total. The van der Waals surface area contributed by atoms with Gasteiger partial charge < -0.3 is 20.7 Å². The van der Waals surface area contributed by atoms with Gasteiger partial charge in [0.2, 0.25) is 0 Å². The molecule has 0 saturated carbocycles. The lowest BCUT2D eigenvalue weighted by Crippen LogP contribution is -2.56. The van der Waals surface area contributed by atoms with Gasteiger partial charge >= 0.3 is 0 Å². The van der Waals surface area contributed by atoms with Crippen LogP contribution in [0.25, 0.3) is 0 Å². The third kappa shape index (κ3) is 2.04. The summed E-state index contributed by atoms with van der Waals surface area (Å²) in [7, 11) is 1.68. The molecular formula is C14H20N4O. The minimum Gasteiger partial charge on any atom is -0.497 e. The SMILES string of the molecule is COc1ccc(N2C(N)=NCC23CCNCC3)cc1. The van der Waals surface area contributed by atoms with Crippen LogP contribution in [0.5, 0.6) is 5.75 Å². The van der Waals surface area contributed by atoms with Crippen LogP contribution in [0.4, 0.5) is 5.69 Å². The zero-order chi connectivity index (χ0) is 13.3. The maximum atomic E-state index is 6.11. The smallest absolute Gasteiger partial charge is 0.196 e. The van der Waals surface area contributed by atoms with Gasteiger partial charge in [-0.1, -0.05) is 0 Å². The molecule has 1 fully saturated rings. The number of aliphatic imine (C=N–C) groups is 1. The molecule has 102 valence electrons. The van der Waals surface area contributed by atoms with Gasteiger partial charge in [-0.2, -0.15) is 0 Å². The summed E-state index contributed by atoms with van der Waals surface area (Å²) in [5.41, 5.74) is 7.27. The standard InChI is InChI=1S/C14H20N4O/c1-19-12-4-2-11(3-5-12)18-13(15)17-10-14(18)6-8-16-9-7-14/h2-5,16H,6-10H2,1H3,(H2,15,17). The fraction of sp³-hybridized carbons (Fsp3) is 0.500. The molecule has 0 aliphatic carbocycles. The Morgan fingerprint density at radius 2 is 1.95 bits per heavy atom. The van der Waals surface area contributed by atoms with Crippen LogP contribution in [-0.4, -0.2) is 38.2 Å². The molecule has 1 saturated heterocycles. The molecule has 5 heteroatoms. The van der Waals surface area contributed by atoms with Gasteiger partial charge in [0, 0.05) is 5.69 Å². The first-order valence-electron chi connectivity index (χ1n) is 6.70. The lowest BCUT2D eigenvalue weighted by Gasteiger charge is -2.42. The van der Waals surface area contributed by atoms with Crippen LogP contribution >= 0.6 is 0 Å². The Morgan fingerprint density at radius 1 is 1.26 bits per heavy atom. The number of benzene rings is 1. The van der Waals surface area contributed by atoms with E-state index in [1.54, 1.807) is 7.11 Å². The van der Waals surface area contributed by atoms with Crippen LogP contribution in [0.2, 0.25) is 0 Å². The van der Waals surface area contributed by atoms with Crippen molar-refractivity contribution in [2.75, 3.05) is 31.6 Å². The van der Waals surface area contributed by atoms with Gasteiger partial charge in [0.15, 0.2) is 5.96 Å². The average Bonchev–Trinajstić information content (AvgIpc) is 2.77. The number of hydrogen-bond donors (Lipinski definition) is 2. The molecule has 0 aromatic heterocycles. The van der Waals surface area contributed by atoms with Crippen LogP contribution in [0.1, 0.15) is 12.8 Å². The predicted molar refractivity (Wildman–Crippen MR) is 76.8 cm³/mol. The maximum Gasteiger partial charge on any atom is 0.196 e. The Labute approximate surface area is 113 Å². The number of guanidine groups is 1. The molecule has 3 rings (SSSR count). The summed E-state index contributed by atoms with van der Waals surface area (Å²) < 4.78 is 5.21. The van der Waals surface area contributed by atoms with Crippen molar-refractivity contribution >= 4 is 11.6 Å². The van der Waals surface area contributed by atoms with Crippen molar-refractivity contribution < 1.29 is 4.74 Å². The van der Waals surface area contributed by atoms with Crippen molar-refractivity contribution in [3.8, 4) is 5.75 Å². The van der Waals surface area contributed by atoms with E-state index in [9.17, 15) is 0 Å². The Bertz CT molecular complexity index is 477. The normalized spacial score (nSPS) is 21.5. The monoisotopic (exact) mass is 260 g/mol. The summed E-state index contributed by atoms with van der Waals surface area (Å²) in [4.78, 5) is 6.68. The molecule has 0 unspecified atom stereocenters. The zero-order valence-electron chi connectivity index (χ0n) is 11.2. The van der Waals surface area contributed by atoms with E-state index >= 15 is 0 Å². The lowest BCUT2D eigenvalue weighted by atomic mass is 9.87. The second kappa shape index (κ2) is 4.74. The van der Waals surface area contributed by atoms with Crippen molar-refractivity contribution in [1.29, 1.82) is 0 Å². The van der Waals surface area contributed by atoms with E-state index in [2.05, 4.69) is 27.3 Å². The fourth-order valence-electron chi connectivity index (χ4n) is 3.02. The second-order valence-electron chi connectivity index (χ2n) is 5.18. The summed E-state index contributed by atoms with van der Waals surface area (Å²) in [6, 6.07) is 8.04. The number of nitrogens with zero attached hydrogens (tertiary/aromatic N) is 2. The highest BCUT2D eigenvalue weighted by atomic mass is 16.5. The van der Waals surface area contributed by atoms with Crippen molar-refractivity contribution in [3.63, 3.8) is 0 Å². The number of nitrogens with one attached hydrogen (secondary N) is 1. The Morgan fingerprint density at radius 3 is 2.58 bits per heavy atom. The maximum absolute atomic E-state index is 6.11. The molecular weight excluding hydrogens is 240 g/mol. The molecule has 19 heavy (non-hydrogen) atoms. The van der Waals surface area contributed by atoms with Gasteiger partial charge in [-0.05, 0) is 50.2 Å². The van der Waals surface area contributed by atoms with Crippen molar-refractivity contribution in [1.82, 2.24) is 5.32 Å². The van der Waals surface area contributed by atoms with Crippen LogP contribution in [-0.2, 0) is 0 Å². The van der Waals surface area contributed by atoms with Crippen molar-refractivity contribution in [2.24, 2.45) is 10.7 Å². The number of hydrogen-bond acceptors (Lipinski definition) is 5.